The molecule has 16 heterocycles. The SMILES string of the molecule is Cc1cn([C@H]2C[C@H](OP(=O)(O)OC[C@H]3O[C@@H](n4cc(C)c(=O)[nH]c4=O)C[C@@H]3OP(=O)(O)OC[C@H]3O[C@@H](n4cnc5c(N)ncnc54)[C@H](O)[C@@H]3OP(=O)(O)OC[C@H]3O[C@@H](n4cnc5c(=O)[nH]c(N)nc54)[C@H](O)[C@@H]3O)[C@@H](COP(=O)(O)O[C@H]3[C@@H](O)[C@H](n4cnc5c(N)ncnc54)O[C@@H]3COP(=O)(O)O[C@H]3[C@@H](O)[C@H](n4cnc5c(=O)[nH]c(N)nc54)O[C@@H]3COP(=O)(O)O)O2)c(=O)[nH]c1=O. The number of nitrogens with zero attached hydrogens (tertiary/aromatic N) is 16. The van der Waals surface area contributed by atoms with Gasteiger partial charge in [0.1, 0.15) is 134 Å². The molecule has 0 spiro atoms. The molecule has 10 aromatic heterocycles. The van der Waals surface area contributed by atoms with Crippen LogP contribution < -0.4 is 56.6 Å². The Hall–Kier alpha value is -9.42. The van der Waals surface area contributed by atoms with E-state index in [0.717, 1.165) is 77.8 Å². The van der Waals surface area contributed by atoms with Crippen molar-refractivity contribution in [1.82, 2.24) is 97.2 Å². The van der Waals surface area contributed by atoms with Gasteiger partial charge in [-0.3, -0.25) is 116 Å². The Kier molecular flexibility index (Phi) is 26.3. The van der Waals surface area contributed by atoms with Crippen LogP contribution in [0.15, 0.2) is 79.1 Å². The van der Waals surface area contributed by atoms with Gasteiger partial charge in [-0.2, -0.15) is 9.97 Å². The maximum atomic E-state index is 14.5. The quantitative estimate of drug-likeness (QED) is 0.0167. The Balaban J connectivity index is 0.618. The number of phosphoric ester groups is 6. The molecule has 71 heteroatoms. The molecule has 65 nitrogen and oxygen atoms in total. The minimum atomic E-state index is -5.90. The highest BCUT2D eigenvalue weighted by atomic mass is 31.2. The van der Waals surface area contributed by atoms with Gasteiger partial charge in [-0.05, 0) is 13.8 Å². The van der Waals surface area contributed by atoms with E-state index in [2.05, 4.69) is 64.3 Å². The van der Waals surface area contributed by atoms with Crippen LogP contribution in [0.5, 0.6) is 0 Å². The van der Waals surface area contributed by atoms with Crippen molar-refractivity contribution in [3.63, 3.8) is 0 Å². The van der Waals surface area contributed by atoms with Crippen LogP contribution in [0.4, 0.5) is 23.5 Å². The van der Waals surface area contributed by atoms with Crippen molar-refractivity contribution in [3.8, 4) is 0 Å². The summed E-state index contributed by atoms with van der Waals surface area (Å²) < 4.78 is 183. The number of anilines is 4. The van der Waals surface area contributed by atoms with Crippen molar-refractivity contribution in [1.29, 1.82) is 0 Å². The van der Waals surface area contributed by atoms with E-state index in [0.29, 0.717) is 0 Å². The number of rotatable bonds is 34. The number of imidazole rings is 4. The lowest BCUT2D eigenvalue weighted by atomic mass is 10.1. The molecule has 0 amide bonds. The number of hydrogen-bond acceptors (Lipinski definition) is 48. The maximum absolute atomic E-state index is 14.5. The van der Waals surface area contributed by atoms with Gasteiger partial charge in [0.05, 0.1) is 65.0 Å². The fraction of sp³-hybridized carbons (Fsp3) is 0.533. The fourth-order valence-electron chi connectivity index (χ4n) is 14.9. The van der Waals surface area contributed by atoms with E-state index in [1.54, 1.807) is 0 Å². The molecule has 0 saturated carbocycles. The summed E-state index contributed by atoms with van der Waals surface area (Å²) in [5.41, 5.74) is 16.0. The van der Waals surface area contributed by atoms with Crippen molar-refractivity contribution in [3.05, 3.63) is 124 Å². The molecule has 131 heavy (non-hydrogen) atoms. The second-order valence-corrected chi connectivity index (χ2v) is 38.0. The summed E-state index contributed by atoms with van der Waals surface area (Å²) in [7, 11) is -34.3. The number of phosphoric acid groups is 6. The van der Waals surface area contributed by atoms with E-state index < -0.39 is 274 Å². The molecule has 10 aromatic rings. The van der Waals surface area contributed by atoms with E-state index in [1.165, 1.54) is 13.8 Å². The van der Waals surface area contributed by atoms with E-state index in [-0.39, 0.29) is 73.4 Å². The predicted octanol–water partition coefficient (Wildman–Crippen LogP) is -6.43. The number of fused-ring (bicyclic) bond motifs is 4. The summed E-state index contributed by atoms with van der Waals surface area (Å²) in [6.45, 7) is -4.91. The first kappa shape index (κ1) is 94.8. The number of aromatic nitrogens is 20. The van der Waals surface area contributed by atoms with E-state index in [1.807, 2.05) is 9.97 Å². The zero-order chi connectivity index (χ0) is 93.9. The monoisotopic (exact) mass is 1970 g/mol. The molecule has 27 atom stereocenters. The molecule has 24 N–H and O–H groups in total. The summed E-state index contributed by atoms with van der Waals surface area (Å²) >= 11 is 0. The molecule has 6 aliphatic rings. The van der Waals surface area contributed by atoms with Crippen molar-refractivity contribution >= 4 is 115 Å². The highest BCUT2D eigenvalue weighted by molar-refractivity contribution is 7.48. The van der Waals surface area contributed by atoms with Gasteiger partial charge in [0.2, 0.25) is 11.9 Å². The van der Waals surface area contributed by atoms with Gasteiger partial charge in [-0.15, -0.1) is 0 Å². The summed E-state index contributed by atoms with van der Waals surface area (Å²) in [5.74, 6) is -1.19. The van der Waals surface area contributed by atoms with Crippen molar-refractivity contribution < 1.29 is 165 Å². The largest absolute Gasteiger partial charge is 0.472 e. The molecule has 5 unspecified atom stereocenters. The summed E-state index contributed by atoms with van der Waals surface area (Å²) in [4.78, 5) is 202. The number of aliphatic hydroxyl groups excluding tert-OH is 5. The molecular weight excluding hydrogens is 1900 g/mol. The summed E-state index contributed by atoms with van der Waals surface area (Å²) in [6.07, 6.45) is -36.2. The molecule has 16 rings (SSSR count). The standard InChI is InChI=1S/C60H76N24O41P6/c1-19-5-79(59(94)77-49(19)90)29-3-21(122-128(101,102)113-11-27-41(37(87)54(119-27)81-15-69-31-43(61)65-13-67-45(31)81)125-130(105,106)112-9-25-35(85)36(86)53(117-25)83-17-71-33-47(83)73-57(63)75-51(33)92)23(115-29)7-110-127(99,100)121-22-4-30(80-6-20(2)50(91)78-60(80)95)116-24(22)8-111-129(103,104)124-42-28(120-55(38(42)88)82-16-70-32-44(62)66-14-68-46(32)82)12-114-131(107,108)123-40-26(10-109-126(96,97)98)118-56(39(40)89)84-18-72-34-48(84)74-58(64)76-52(34)93/h5-6,13-18,21-30,35-42,53-56,85-89H,3-4,7-12H2,1-2H3,(H,99,100)(H,101,102)(H,103,104)(H,105,106)(H,107,108)(H2,61,65,67)(H2,62,66,68)(H,77,90,94)(H,78,91,95)(H2,96,97,98)(H3,63,73,75,92)(H3,64,74,76,93)/t21-,22-,23+,24+,25+,26+,27+,28+,29+,30+,35+,36+,37+,38+,39+,40+,41+,42+,53+,54+,55+,56+/m0/s1. The average Bonchev–Trinajstić information content (AvgIpc) is 1.58. The van der Waals surface area contributed by atoms with Gasteiger partial charge in [0, 0.05) is 36.4 Å². The summed E-state index contributed by atoms with van der Waals surface area (Å²) in [5, 5.41) is 57.8. The third-order valence-corrected chi connectivity index (χ3v) is 26.5. The third-order valence-electron chi connectivity index (χ3n) is 21.0. The van der Waals surface area contributed by atoms with Crippen molar-refractivity contribution in [2.24, 2.45) is 0 Å². The second kappa shape index (κ2) is 36.4. The van der Waals surface area contributed by atoms with E-state index in [9.17, 15) is 116 Å². The molecule has 6 fully saturated rings. The summed E-state index contributed by atoms with van der Waals surface area (Å²) in [6, 6.07) is 0. The maximum Gasteiger partial charge on any atom is 0.472 e. The van der Waals surface area contributed by atoms with Gasteiger partial charge in [0.25, 0.3) is 22.2 Å². The number of aryl methyl sites for hydroxylation is 2. The first-order chi connectivity index (χ1) is 61.7. The number of aromatic amines is 4. The molecule has 712 valence electrons. The highest BCUT2D eigenvalue weighted by Gasteiger charge is 2.57. The van der Waals surface area contributed by atoms with Crippen LogP contribution in [0, 0.1) is 13.8 Å². The molecule has 0 bridgehead atoms. The first-order valence-corrected chi connectivity index (χ1v) is 46.9. The molecule has 6 aliphatic heterocycles. The van der Waals surface area contributed by atoms with Crippen LogP contribution in [0.2, 0.25) is 0 Å². The highest BCUT2D eigenvalue weighted by Crippen LogP contribution is 2.57. The molecular formula is C60H76N24O41P6. The minimum Gasteiger partial charge on any atom is -0.387 e. The Morgan fingerprint density at radius 2 is 0.679 bits per heavy atom. The number of ether oxygens (including phenoxy) is 6. The third kappa shape index (κ3) is 19.9. The fourth-order valence-corrected chi connectivity index (χ4v) is 20.1. The molecule has 0 aliphatic carbocycles. The number of nitrogens with one attached hydrogen (secondary N) is 4. The minimum absolute atomic E-state index is 0.0516. The van der Waals surface area contributed by atoms with Gasteiger partial charge < -0.3 is 111 Å². The predicted molar refractivity (Wildman–Crippen MR) is 421 cm³/mol. The zero-order valence-electron chi connectivity index (χ0n) is 66.3. The van der Waals surface area contributed by atoms with Crippen LogP contribution >= 0.6 is 46.9 Å². The second-order valence-electron chi connectivity index (χ2n) is 29.7. The van der Waals surface area contributed by atoms with Crippen molar-refractivity contribution in [2.75, 3.05) is 62.6 Å². The number of hydrogen-bond donors (Lipinski definition) is 20. The van der Waals surface area contributed by atoms with Gasteiger partial charge in [-0.25, -0.2) is 76.9 Å². The number of aliphatic hydroxyl groups is 5. The van der Waals surface area contributed by atoms with Crippen molar-refractivity contribution in [2.45, 2.75) is 162 Å². The lowest BCUT2D eigenvalue weighted by Crippen LogP contribution is -2.37. The van der Waals surface area contributed by atoms with Crippen LogP contribution in [0.3, 0.4) is 0 Å². The Bertz CT molecular complexity index is 6720. The molecule has 6 saturated heterocycles. The smallest absolute Gasteiger partial charge is 0.387 e. The Labute approximate surface area is 723 Å². The van der Waals surface area contributed by atoms with Gasteiger partial charge >= 0.3 is 58.3 Å². The van der Waals surface area contributed by atoms with E-state index in [4.69, 9.17) is 96.6 Å². The molecule has 0 radical (unpaired) electrons. The van der Waals surface area contributed by atoms with Gasteiger partial charge in [0.15, 0.2) is 70.2 Å². The number of H-pyrrole nitrogens is 4. The van der Waals surface area contributed by atoms with E-state index >= 15 is 0 Å². The number of nitrogens with two attached hydrogens (primary N) is 4. The van der Waals surface area contributed by atoms with Crippen LogP contribution in [0.25, 0.3) is 44.7 Å². The molecule has 0 aromatic carbocycles. The topological polar surface area (TPSA) is 930 Å². The van der Waals surface area contributed by atoms with Crippen LogP contribution in [0.1, 0.15) is 61.3 Å². The zero-order valence-corrected chi connectivity index (χ0v) is 71.7. The Morgan fingerprint density at radius 1 is 0.366 bits per heavy atom. The first-order valence-electron chi connectivity index (χ1n) is 37.9. The normalized spacial score (nSPS) is 30.7. The number of nitrogen functional groups attached to an aromatic ring is 4. The lowest BCUT2D eigenvalue weighted by Gasteiger charge is -2.26. The lowest BCUT2D eigenvalue weighted by molar-refractivity contribution is -0.0654. The Morgan fingerprint density at radius 3 is 1.05 bits per heavy atom. The van der Waals surface area contributed by atoms with Crippen LogP contribution in [-0.2, 0) is 106 Å². The average molecular weight is 1980 g/mol. The van der Waals surface area contributed by atoms with Crippen LogP contribution in [-0.4, -0.2) is 294 Å². The van der Waals surface area contributed by atoms with Gasteiger partial charge in [-0.1, -0.05) is 0 Å².